The molecule has 0 aliphatic heterocycles. The van der Waals surface area contributed by atoms with Crippen LogP contribution < -0.4 is 10.0 Å². The van der Waals surface area contributed by atoms with E-state index in [2.05, 4.69) is 20.2 Å². The highest BCUT2D eigenvalue weighted by molar-refractivity contribution is 7.89. The molecule has 2 aromatic rings. The molecule has 21 heavy (non-hydrogen) atoms. The van der Waals surface area contributed by atoms with Gasteiger partial charge in [0.15, 0.2) is 5.82 Å². The van der Waals surface area contributed by atoms with Gasteiger partial charge in [0.2, 0.25) is 15.9 Å². The number of sulfonamides is 1. The summed E-state index contributed by atoms with van der Waals surface area (Å²) in [5, 5.41) is 6.78. The van der Waals surface area contributed by atoms with Crippen molar-refractivity contribution in [2.75, 3.05) is 6.54 Å². The van der Waals surface area contributed by atoms with Crippen LogP contribution in [0.4, 0.5) is 0 Å². The molecule has 114 valence electrons. The minimum atomic E-state index is -3.58. The van der Waals surface area contributed by atoms with E-state index in [1.807, 2.05) is 6.92 Å². The summed E-state index contributed by atoms with van der Waals surface area (Å²) in [6.07, 6.45) is 0. The molecule has 8 heteroatoms. The van der Waals surface area contributed by atoms with Crippen molar-refractivity contribution in [1.29, 1.82) is 0 Å². The minimum absolute atomic E-state index is 0.0255. The zero-order valence-electron chi connectivity index (χ0n) is 12.0. The molecule has 0 aliphatic carbocycles. The summed E-state index contributed by atoms with van der Waals surface area (Å²) in [6, 6.07) is 6.73. The first-order valence-corrected chi connectivity index (χ1v) is 8.08. The predicted octanol–water partition coefficient (Wildman–Crippen LogP) is 0.966. The molecular weight excluding hydrogens is 292 g/mol. The third kappa shape index (κ3) is 4.35. The summed E-state index contributed by atoms with van der Waals surface area (Å²) in [4.78, 5) is 4.15. The second-order valence-electron chi connectivity index (χ2n) is 4.48. The van der Waals surface area contributed by atoms with Crippen LogP contribution in [-0.2, 0) is 23.1 Å². The average Bonchev–Trinajstić information content (AvgIpc) is 2.89. The molecule has 0 amide bonds. The maximum atomic E-state index is 12.1. The Hall–Kier alpha value is -1.77. The van der Waals surface area contributed by atoms with E-state index in [1.165, 1.54) is 0 Å². The molecule has 0 aliphatic rings. The smallest absolute Gasteiger partial charge is 0.241 e. The van der Waals surface area contributed by atoms with Gasteiger partial charge in [-0.2, -0.15) is 4.98 Å². The normalized spacial score (nSPS) is 11.7. The van der Waals surface area contributed by atoms with Gasteiger partial charge >= 0.3 is 0 Å². The fraction of sp³-hybridized carbons (Fsp3) is 0.385. The highest BCUT2D eigenvalue weighted by atomic mass is 32.2. The lowest BCUT2D eigenvalue weighted by atomic mass is 10.2. The van der Waals surface area contributed by atoms with Gasteiger partial charge < -0.3 is 9.84 Å². The van der Waals surface area contributed by atoms with Gasteiger partial charge in [-0.05, 0) is 31.2 Å². The van der Waals surface area contributed by atoms with E-state index in [1.54, 1.807) is 31.2 Å². The van der Waals surface area contributed by atoms with Gasteiger partial charge in [-0.15, -0.1) is 0 Å². The highest BCUT2D eigenvalue weighted by Gasteiger charge is 2.15. The zero-order chi connectivity index (χ0) is 15.3. The van der Waals surface area contributed by atoms with E-state index in [0.29, 0.717) is 12.4 Å². The molecule has 0 atom stereocenters. The summed E-state index contributed by atoms with van der Waals surface area (Å²) in [5.74, 6) is 0.705. The second-order valence-corrected chi connectivity index (χ2v) is 6.25. The molecule has 0 spiro atoms. The molecule has 2 N–H and O–H groups in total. The number of hydrogen-bond donors (Lipinski definition) is 2. The Morgan fingerprint density at radius 1 is 1.19 bits per heavy atom. The molecule has 7 nitrogen and oxygen atoms in total. The summed E-state index contributed by atoms with van der Waals surface area (Å²) >= 11 is 0. The highest BCUT2D eigenvalue weighted by Crippen LogP contribution is 2.11. The van der Waals surface area contributed by atoms with Crippen molar-refractivity contribution >= 4 is 10.0 Å². The number of aryl methyl sites for hydroxylation is 1. The Kier molecular flexibility index (Phi) is 5.05. The third-order valence-corrected chi connectivity index (χ3v) is 4.21. The lowest BCUT2D eigenvalue weighted by molar-refractivity contribution is 0.372. The number of benzene rings is 1. The van der Waals surface area contributed by atoms with E-state index in [4.69, 9.17) is 4.52 Å². The Morgan fingerprint density at radius 3 is 2.48 bits per heavy atom. The summed E-state index contributed by atoms with van der Waals surface area (Å²) < 4.78 is 31.5. The standard InChI is InChI=1S/C13H18N4O3S/c1-3-14-8-11-4-6-12(7-5-11)21(18,19)15-9-13-16-10(2)17-20-13/h4-7,14-15H,3,8-9H2,1-2H3. The van der Waals surface area contributed by atoms with Crippen LogP contribution in [0.2, 0.25) is 0 Å². The van der Waals surface area contributed by atoms with Crippen molar-refractivity contribution in [3.8, 4) is 0 Å². The molecule has 0 saturated heterocycles. The van der Waals surface area contributed by atoms with E-state index in [-0.39, 0.29) is 17.3 Å². The topological polar surface area (TPSA) is 97.1 Å². The van der Waals surface area contributed by atoms with Crippen molar-refractivity contribution in [2.45, 2.75) is 31.8 Å². The first kappa shape index (κ1) is 15.6. The number of aromatic nitrogens is 2. The number of rotatable bonds is 7. The van der Waals surface area contributed by atoms with Crippen molar-refractivity contribution < 1.29 is 12.9 Å². The van der Waals surface area contributed by atoms with Crippen LogP contribution in [0.15, 0.2) is 33.7 Å². The van der Waals surface area contributed by atoms with Gasteiger partial charge in [0.05, 0.1) is 11.4 Å². The molecule has 1 aromatic carbocycles. The first-order chi connectivity index (χ1) is 10.0. The maximum absolute atomic E-state index is 12.1. The van der Waals surface area contributed by atoms with E-state index in [9.17, 15) is 8.42 Å². The van der Waals surface area contributed by atoms with Crippen LogP contribution in [0.3, 0.4) is 0 Å². The van der Waals surface area contributed by atoms with Crippen molar-refractivity contribution in [3.63, 3.8) is 0 Å². The van der Waals surface area contributed by atoms with Crippen molar-refractivity contribution in [2.24, 2.45) is 0 Å². The average molecular weight is 310 g/mol. The predicted molar refractivity (Wildman–Crippen MR) is 76.9 cm³/mol. The van der Waals surface area contributed by atoms with Crippen molar-refractivity contribution in [1.82, 2.24) is 20.2 Å². The molecular formula is C13H18N4O3S. The maximum Gasteiger partial charge on any atom is 0.241 e. The molecule has 1 aromatic heterocycles. The van der Waals surface area contributed by atoms with Crippen LogP contribution in [-0.4, -0.2) is 25.1 Å². The molecule has 1 heterocycles. The van der Waals surface area contributed by atoms with Gasteiger partial charge in [0.1, 0.15) is 0 Å². The fourth-order valence-electron chi connectivity index (χ4n) is 1.71. The molecule has 0 unspecified atom stereocenters. The fourth-order valence-corrected chi connectivity index (χ4v) is 2.68. The Labute approximate surface area is 123 Å². The van der Waals surface area contributed by atoms with Crippen molar-refractivity contribution in [3.05, 3.63) is 41.5 Å². The summed E-state index contributed by atoms with van der Waals surface area (Å²) in [6.45, 7) is 5.24. The monoisotopic (exact) mass is 310 g/mol. The Bertz CT molecular complexity index is 680. The van der Waals surface area contributed by atoms with Crippen LogP contribution in [0.1, 0.15) is 24.2 Å². The zero-order valence-corrected chi connectivity index (χ0v) is 12.8. The van der Waals surface area contributed by atoms with Crippen LogP contribution in [0, 0.1) is 6.92 Å². The quantitative estimate of drug-likeness (QED) is 0.791. The summed E-state index contributed by atoms with van der Waals surface area (Å²) in [5.41, 5.74) is 1.03. The molecule has 0 bridgehead atoms. The molecule has 0 saturated carbocycles. The summed E-state index contributed by atoms with van der Waals surface area (Å²) in [7, 11) is -3.58. The van der Waals surface area contributed by atoms with E-state index >= 15 is 0 Å². The Balaban J connectivity index is 2.01. The van der Waals surface area contributed by atoms with Gasteiger partial charge in [0, 0.05) is 6.54 Å². The van der Waals surface area contributed by atoms with E-state index < -0.39 is 10.0 Å². The number of nitrogens with zero attached hydrogens (tertiary/aromatic N) is 2. The molecule has 0 radical (unpaired) electrons. The van der Waals surface area contributed by atoms with Gasteiger partial charge in [-0.3, -0.25) is 0 Å². The third-order valence-electron chi connectivity index (χ3n) is 2.80. The van der Waals surface area contributed by atoms with Crippen LogP contribution in [0.5, 0.6) is 0 Å². The lowest BCUT2D eigenvalue weighted by Crippen LogP contribution is -2.23. The van der Waals surface area contributed by atoms with Crippen LogP contribution >= 0.6 is 0 Å². The Morgan fingerprint density at radius 2 is 1.90 bits per heavy atom. The molecule has 0 fully saturated rings. The van der Waals surface area contributed by atoms with Gasteiger partial charge in [-0.1, -0.05) is 24.2 Å². The lowest BCUT2D eigenvalue weighted by Gasteiger charge is -2.06. The SMILES string of the molecule is CCNCc1ccc(S(=O)(=O)NCc2nc(C)no2)cc1. The number of hydrogen-bond acceptors (Lipinski definition) is 6. The van der Waals surface area contributed by atoms with Gasteiger partial charge in [-0.25, -0.2) is 13.1 Å². The van der Waals surface area contributed by atoms with Crippen LogP contribution in [0.25, 0.3) is 0 Å². The van der Waals surface area contributed by atoms with E-state index in [0.717, 1.165) is 12.1 Å². The largest absolute Gasteiger partial charge is 0.338 e. The minimum Gasteiger partial charge on any atom is -0.338 e. The second kappa shape index (κ2) is 6.79. The first-order valence-electron chi connectivity index (χ1n) is 6.60. The number of nitrogens with one attached hydrogen (secondary N) is 2. The molecule has 2 rings (SSSR count). The van der Waals surface area contributed by atoms with Gasteiger partial charge in [0.25, 0.3) is 0 Å².